The molecule has 0 atom stereocenters. The topological polar surface area (TPSA) is 48.1 Å². The van der Waals surface area contributed by atoms with Gasteiger partial charge in [-0.05, 0) is 56.2 Å². The lowest BCUT2D eigenvalue weighted by atomic mass is 10.3. The van der Waals surface area contributed by atoms with Gasteiger partial charge in [-0.25, -0.2) is 4.98 Å². The zero-order valence-electron chi connectivity index (χ0n) is 12.1. The Morgan fingerprint density at radius 1 is 1.20 bits per heavy atom. The number of nitrogen functional groups attached to an aromatic ring is 1. The van der Waals surface area contributed by atoms with Gasteiger partial charge < -0.3 is 10.5 Å². The monoisotopic (exact) mass is 288 g/mol. The maximum absolute atomic E-state index is 5.92. The van der Waals surface area contributed by atoms with Crippen molar-refractivity contribution in [3.05, 3.63) is 41.6 Å². The second-order valence-electron chi connectivity index (χ2n) is 4.77. The van der Waals surface area contributed by atoms with Crippen molar-refractivity contribution in [1.29, 1.82) is 0 Å². The molecular weight excluding hydrogens is 268 g/mol. The van der Waals surface area contributed by atoms with Crippen molar-refractivity contribution >= 4 is 17.4 Å². The maximum Gasteiger partial charge on any atom is 0.143 e. The van der Waals surface area contributed by atoms with Crippen LogP contribution in [0, 0.1) is 13.8 Å². The smallest absolute Gasteiger partial charge is 0.143 e. The zero-order valence-corrected chi connectivity index (χ0v) is 13.0. The Morgan fingerprint density at radius 3 is 2.70 bits per heavy atom. The molecule has 2 N–H and O–H groups in total. The van der Waals surface area contributed by atoms with Gasteiger partial charge in [0.05, 0.1) is 12.3 Å². The van der Waals surface area contributed by atoms with Crippen LogP contribution in [0.15, 0.2) is 40.3 Å². The highest BCUT2D eigenvalue weighted by Gasteiger charge is 2.05. The van der Waals surface area contributed by atoms with Crippen molar-refractivity contribution in [3.8, 4) is 5.75 Å². The number of pyridine rings is 1. The number of aryl methyl sites for hydroxylation is 2. The van der Waals surface area contributed by atoms with Crippen LogP contribution in [-0.4, -0.2) is 11.6 Å². The van der Waals surface area contributed by atoms with Gasteiger partial charge in [0.25, 0.3) is 0 Å². The number of ether oxygens (including phenoxy) is 1. The highest BCUT2D eigenvalue weighted by Crippen LogP contribution is 2.32. The van der Waals surface area contributed by atoms with Crippen LogP contribution in [0.25, 0.3) is 0 Å². The van der Waals surface area contributed by atoms with Crippen LogP contribution in [0.3, 0.4) is 0 Å². The summed E-state index contributed by atoms with van der Waals surface area (Å²) in [5, 5.41) is 0.994. The summed E-state index contributed by atoms with van der Waals surface area (Å²) < 4.78 is 5.65. The molecule has 0 bridgehead atoms. The van der Waals surface area contributed by atoms with Gasteiger partial charge in [-0.3, -0.25) is 0 Å². The molecule has 2 aromatic rings. The first-order valence-electron chi connectivity index (χ1n) is 6.74. The fourth-order valence-corrected chi connectivity index (χ4v) is 2.87. The van der Waals surface area contributed by atoms with E-state index < -0.39 is 0 Å². The molecule has 0 amide bonds. The molecule has 0 aliphatic carbocycles. The van der Waals surface area contributed by atoms with Gasteiger partial charge in [0.1, 0.15) is 10.8 Å². The summed E-state index contributed by atoms with van der Waals surface area (Å²) in [7, 11) is 0. The molecular formula is C16H20N2OS. The third-order valence-electron chi connectivity index (χ3n) is 2.74. The van der Waals surface area contributed by atoms with Gasteiger partial charge in [0.15, 0.2) is 0 Å². The Hall–Kier alpha value is -1.68. The van der Waals surface area contributed by atoms with E-state index in [-0.39, 0.29) is 0 Å². The fraction of sp³-hybridized carbons (Fsp3) is 0.312. The molecule has 20 heavy (non-hydrogen) atoms. The Bertz CT molecular complexity index is 579. The van der Waals surface area contributed by atoms with Crippen molar-refractivity contribution in [2.75, 3.05) is 12.3 Å². The van der Waals surface area contributed by atoms with Crippen LogP contribution in [0.1, 0.15) is 24.6 Å². The zero-order chi connectivity index (χ0) is 14.5. The number of aromatic nitrogens is 1. The minimum absolute atomic E-state index is 0.677. The van der Waals surface area contributed by atoms with Crippen molar-refractivity contribution < 1.29 is 4.74 Å². The fourth-order valence-electron chi connectivity index (χ4n) is 1.89. The summed E-state index contributed by atoms with van der Waals surface area (Å²) >= 11 is 1.63. The van der Waals surface area contributed by atoms with Crippen molar-refractivity contribution in [2.45, 2.75) is 37.1 Å². The van der Waals surface area contributed by atoms with Crippen molar-refractivity contribution in [1.82, 2.24) is 4.98 Å². The van der Waals surface area contributed by atoms with Gasteiger partial charge in [-0.15, -0.1) is 0 Å². The van der Waals surface area contributed by atoms with E-state index in [9.17, 15) is 0 Å². The van der Waals surface area contributed by atoms with Crippen LogP contribution in [0.4, 0.5) is 5.69 Å². The lowest BCUT2D eigenvalue weighted by Gasteiger charge is -2.10. The molecule has 1 aromatic heterocycles. The average molecular weight is 288 g/mol. The summed E-state index contributed by atoms with van der Waals surface area (Å²) in [6.07, 6.45) is 0.968. The number of hydrogen-bond acceptors (Lipinski definition) is 4. The standard InChI is InChI=1S/C16H20N2OS/c1-4-7-19-15-10-13(5-6-14(15)17)20-16-9-11(2)8-12(3)18-16/h5-6,8-10H,4,7,17H2,1-3H3. The molecule has 0 spiro atoms. The third-order valence-corrected chi connectivity index (χ3v) is 3.65. The molecule has 0 fully saturated rings. The van der Waals surface area contributed by atoms with Gasteiger partial charge in [-0.1, -0.05) is 18.7 Å². The molecule has 0 saturated carbocycles. The van der Waals surface area contributed by atoms with Crippen LogP contribution < -0.4 is 10.5 Å². The lowest BCUT2D eigenvalue weighted by Crippen LogP contribution is -1.99. The van der Waals surface area contributed by atoms with Gasteiger partial charge in [0, 0.05) is 10.6 Å². The molecule has 4 heteroatoms. The normalized spacial score (nSPS) is 10.6. The molecule has 0 radical (unpaired) electrons. The molecule has 0 unspecified atom stereocenters. The van der Waals surface area contributed by atoms with E-state index in [1.165, 1.54) is 5.56 Å². The quantitative estimate of drug-likeness (QED) is 0.837. The van der Waals surface area contributed by atoms with Crippen LogP contribution in [0.5, 0.6) is 5.75 Å². The minimum Gasteiger partial charge on any atom is -0.491 e. The maximum atomic E-state index is 5.92. The number of nitrogens with two attached hydrogens (primary N) is 1. The Kier molecular flexibility index (Phi) is 4.90. The van der Waals surface area contributed by atoms with Crippen molar-refractivity contribution in [2.24, 2.45) is 0 Å². The SMILES string of the molecule is CCCOc1cc(Sc2cc(C)cc(C)n2)ccc1N. The van der Waals surface area contributed by atoms with Crippen LogP contribution in [-0.2, 0) is 0 Å². The molecule has 1 aromatic carbocycles. The second kappa shape index (κ2) is 6.66. The van der Waals surface area contributed by atoms with E-state index in [0.717, 1.165) is 27.8 Å². The first-order valence-corrected chi connectivity index (χ1v) is 7.55. The summed E-state index contributed by atoms with van der Waals surface area (Å²) in [5.41, 5.74) is 8.85. The summed E-state index contributed by atoms with van der Waals surface area (Å²) in [4.78, 5) is 5.62. The van der Waals surface area contributed by atoms with Crippen LogP contribution >= 0.6 is 11.8 Å². The number of benzene rings is 1. The third kappa shape index (κ3) is 3.90. The second-order valence-corrected chi connectivity index (χ2v) is 5.87. The Balaban J connectivity index is 2.20. The summed E-state index contributed by atoms with van der Waals surface area (Å²) in [6.45, 7) is 6.85. The highest BCUT2D eigenvalue weighted by atomic mass is 32.2. The molecule has 2 rings (SSSR count). The molecule has 106 valence electrons. The minimum atomic E-state index is 0.677. The number of rotatable bonds is 5. The van der Waals surface area contributed by atoms with Gasteiger partial charge in [0.2, 0.25) is 0 Å². The summed E-state index contributed by atoms with van der Waals surface area (Å²) in [6, 6.07) is 10.0. The Labute approximate surface area is 124 Å². The van der Waals surface area contributed by atoms with Gasteiger partial charge in [-0.2, -0.15) is 0 Å². The molecule has 0 saturated heterocycles. The molecule has 0 aliphatic heterocycles. The van der Waals surface area contributed by atoms with E-state index in [0.29, 0.717) is 12.3 Å². The summed E-state index contributed by atoms with van der Waals surface area (Å²) in [5.74, 6) is 0.751. The van der Waals surface area contributed by atoms with E-state index in [4.69, 9.17) is 10.5 Å². The number of anilines is 1. The van der Waals surface area contributed by atoms with Gasteiger partial charge >= 0.3 is 0 Å². The first-order chi connectivity index (χ1) is 9.58. The molecule has 1 heterocycles. The molecule has 3 nitrogen and oxygen atoms in total. The Morgan fingerprint density at radius 2 is 2.00 bits per heavy atom. The van der Waals surface area contributed by atoms with Crippen LogP contribution in [0.2, 0.25) is 0 Å². The van der Waals surface area contributed by atoms with Crippen molar-refractivity contribution in [3.63, 3.8) is 0 Å². The number of hydrogen-bond donors (Lipinski definition) is 1. The highest BCUT2D eigenvalue weighted by molar-refractivity contribution is 7.99. The largest absolute Gasteiger partial charge is 0.491 e. The average Bonchev–Trinajstić information content (AvgIpc) is 2.38. The number of nitrogens with zero attached hydrogens (tertiary/aromatic N) is 1. The van der Waals surface area contributed by atoms with E-state index in [1.54, 1.807) is 11.8 Å². The predicted octanol–water partition coefficient (Wildman–Crippen LogP) is 4.22. The van der Waals surface area contributed by atoms with E-state index in [2.05, 4.69) is 31.0 Å². The van der Waals surface area contributed by atoms with E-state index in [1.807, 2.05) is 25.1 Å². The lowest BCUT2D eigenvalue weighted by molar-refractivity contribution is 0.318. The predicted molar refractivity (Wildman–Crippen MR) is 84.5 cm³/mol. The van der Waals surface area contributed by atoms with E-state index >= 15 is 0 Å². The molecule has 0 aliphatic rings. The first kappa shape index (κ1) is 14.7.